The summed E-state index contributed by atoms with van der Waals surface area (Å²) in [5, 5.41) is 4.33. The third-order valence-electron chi connectivity index (χ3n) is 4.03. The molecule has 1 aliphatic rings. The van der Waals surface area contributed by atoms with E-state index in [4.69, 9.17) is 4.74 Å². The standard InChI is InChI=1S/C16H20N4O2/c1-22-16(21)19-10-6-5-9-14(19)15-17-12-18-20(15)11-13-7-3-2-4-8-13/h2-4,7-8,12,14H,5-6,9-11H2,1H3. The molecule has 0 bridgehead atoms. The molecule has 2 heterocycles. The lowest BCUT2D eigenvalue weighted by molar-refractivity contribution is 0.0856. The number of hydrogen-bond acceptors (Lipinski definition) is 4. The van der Waals surface area contributed by atoms with Gasteiger partial charge in [0.05, 0.1) is 19.7 Å². The second kappa shape index (κ2) is 6.60. The molecule has 1 unspecified atom stereocenters. The zero-order valence-corrected chi connectivity index (χ0v) is 12.7. The predicted octanol–water partition coefficient (Wildman–Crippen LogP) is 2.62. The Labute approximate surface area is 129 Å². The number of hydrogen-bond donors (Lipinski definition) is 0. The summed E-state index contributed by atoms with van der Waals surface area (Å²) < 4.78 is 6.78. The SMILES string of the molecule is COC(=O)N1CCCCC1c1ncnn1Cc1ccccc1. The Morgan fingerprint density at radius 3 is 2.91 bits per heavy atom. The molecule has 0 radical (unpaired) electrons. The van der Waals surface area contributed by atoms with Gasteiger partial charge in [-0.3, -0.25) is 4.90 Å². The van der Waals surface area contributed by atoms with Crippen molar-refractivity contribution in [3.8, 4) is 0 Å². The molecule has 6 heteroatoms. The summed E-state index contributed by atoms with van der Waals surface area (Å²) in [6, 6.07) is 10.1. The predicted molar refractivity (Wildman–Crippen MR) is 81.3 cm³/mol. The summed E-state index contributed by atoms with van der Waals surface area (Å²) in [6.07, 6.45) is 4.23. The van der Waals surface area contributed by atoms with E-state index in [1.54, 1.807) is 11.2 Å². The molecule has 1 atom stereocenters. The van der Waals surface area contributed by atoms with E-state index in [9.17, 15) is 4.79 Å². The molecule has 3 rings (SSSR count). The molecule has 6 nitrogen and oxygen atoms in total. The third-order valence-corrected chi connectivity index (χ3v) is 4.03. The van der Waals surface area contributed by atoms with E-state index < -0.39 is 0 Å². The molecule has 22 heavy (non-hydrogen) atoms. The largest absolute Gasteiger partial charge is 0.453 e. The minimum Gasteiger partial charge on any atom is -0.453 e. The number of likely N-dealkylation sites (tertiary alicyclic amines) is 1. The molecular formula is C16H20N4O2. The first-order chi connectivity index (χ1) is 10.8. The highest BCUT2D eigenvalue weighted by atomic mass is 16.5. The minimum atomic E-state index is -0.293. The molecule has 0 spiro atoms. The Hall–Kier alpha value is -2.37. The summed E-state index contributed by atoms with van der Waals surface area (Å²) in [4.78, 5) is 18.2. The van der Waals surface area contributed by atoms with Crippen LogP contribution in [0, 0.1) is 0 Å². The van der Waals surface area contributed by atoms with Crippen LogP contribution in [0.15, 0.2) is 36.7 Å². The van der Waals surface area contributed by atoms with E-state index in [1.807, 2.05) is 22.9 Å². The smallest absolute Gasteiger partial charge is 0.410 e. The lowest BCUT2D eigenvalue weighted by Gasteiger charge is -2.33. The molecule has 1 amide bonds. The number of piperidine rings is 1. The van der Waals surface area contributed by atoms with Crippen molar-refractivity contribution >= 4 is 6.09 Å². The van der Waals surface area contributed by atoms with Gasteiger partial charge in [0.15, 0.2) is 0 Å². The van der Waals surface area contributed by atoms with Crippen molar-refractivity contribution in [3.63, 3.8) is 0 Å². The first kappa shape index (κ1) is 14.6. The van der Waals surface area contributed by atoms with Crippen molar-refractivity contribution in [1.29, 1.82) is 0 Å². The molecule has 0 aliphatic carbocycles. The number of ether oxygens (including phenoxy) is 1. The normalized spacial score (nSPS) is 18.2. The summed E-state index contributed by atoms with van der Waals surface area (Å²) in [5.41, 5.74) is 1.16. The highest BCUT2D eigenvalue weighted by Gasteiger charge is 2.31. The van der Waals surface area contributed by atoms with Gasteiger partial charge in [-0.25, -0.2) is 14.5 Å². The van der Waals surface area contributed by atoms with E-state index in [2.05, 4.69) is 22.2 Å². The Morgan fingerprint density at radius 2 is 2.14 bits per heavy atom. The third kappa shape index (κ3) is 2.95. The van der Waals surface area contributed by atoms with Crippen LogP contribution >= 0.6 is 0 Å². The van der Waals surface area contributed by atoms with Gasteiger partial charge in [0.1, 0.15) is 12.2 Å². The van der Waals surface area contributed by atoms with E-state index in [0.29, 0.717) is 13.1 Å². The van der Waals surface area contributed by atoms with Gasteiger partial charge >= 0.3 is 6.09 Å². The zero-order valence-electron chi connectivity index (χ0n) is 12.7. The molecule has 1 fully saturated rings. The molecule has 1 aromatic heterocycles. The minimum absolute atomic E-state index is 0.0626. The number of rotatable bonds is 3. The van der Waals surface area contributed by atoms with Crippen LogP contribution in [0.2, 0.25) is 0 Å². The highest BCUT2D eigenvalue weighted by molar-refractivity contribution is 5.68. The number of aromatic nitrogens is 3. The lowest BCUT2D eigenvalue weighted by Crippen LogP contribution is -2.39. The Bertz CT molecular complexity index is 626. The molecule has 0 saturated carbocycles. The first-order valence-corrected chi connectivity index (χ1v) is 7.56. The number of methoxy groups -OCH3 is 1. The van der Waals surface area contributed by atoms with Crippen LogP contribution in [0.25, 0.3) is 0 Å². The number of carbonyl (C=O) groups is 1. The van der Waals surface area contributed by atoms with Crippen LogP contribution in [0.1, 0.15) is 36.7 Å². The maximum absolute atomic E-state index is 12.0. The second-order valence-electron chi connectivity index (χ2n) is 5.44. The fourth-order valence-electron chi connectivity index (χ4n) is 2.95. The number of amides is 1. The summed E-state index contributed by atoms with van der Waals surface area (Å²) in [5.74, 6) is 0.828. The lowest BCUT2D eigenvalue weighted by atomic mass is 10.0. The van der Waals surface area contributed by atoms with Crippen molar-refractivity contribution in [3.05, 3.63) is 48.0 Å². The average molecular weight is 300 g/mol. The maximum atomic E-state index is 12.0. The zero-order chi connectivity index (χ0) is 15.4. The van der Waals surface area contributed by atoms with Crippen molar-refractivity contribution in [2.45, 2.75) is 31.8 Å². The average Bonchev–Trinajstić information content (AvgIpc) is 3.03. The molecule has 0 N–H and O–H groups in total. The van der Waals surface area contributed by atoms with Crippen LogP contribution in [-0.4, -0.2) is 39.4 Å². The van der Waals surface area contributed by atoms with Crippen LogP contribution < -0.4 is 0 Å². The fraction of sp³-hybridized carbons (Fsp3) is 0.438. The van der Waals surface area contributed by atoms with Gasteiger partial charge < -0.3 is 4.74 Å². The second-order valence-corrected chi connectivity index (χ2v) is 5.44. The monoisotopic (exact) mass is 300 g/mol. The Balaban J connectivity index is 1.85. The van der Waals surface area contributed by atoms with Crippen molar-refractivity contribution in [2.75, 3.05) is 13.7 Å². The quantitative estimate of drug-likeness (QED) is 0.874. The summed E-state index contributed by atoms with van der Waals surface area (Å²) in [7, 11) is 1.42. The van der Waals surface area contributed by atoms with Gasteiger partial charge in [-0.05, 0) is 24.8 Å². The van der Waals surface area contributed by atoms with Crippen LogP contribution in [-0.2, 0) is 11.3 Å². The van der Waals surface area contributed by atoms with Crippen LogP contribution in [0.5, 0.6) is 0 Å². The van der Waals surface area contributed by atoms with Gasteiger partial charge in [0.2, 0.25) is 0 Å². The van der Waals surface area contributed by atoms with E-state index in [-0.39, 0.29) is 12.1 Å². The topological polar surface area (TPSA) is 60.2 Å². The van der Waals surface area contributed by atoms with Gasteiger partial charge in [-0.2, -0.15) is 5.10 Å². The van der Waals surface area contributed by atoms with E-state index in [0.717, 1.165) is 30.7 Å². The van der Waals surface area contributed by atoms with Crippen LogP contribution in [0.3, 0.4) is 0 Å². The maximum Gasteiger partial charge on any atom is 0.410 e. The van der Waals surface area contributed by atoms with E-state index >= 15 is 0 Å². The van der Waals surface area contributed by atoms with Crippen molar-refractivity contribution in [1.82, 2.24) is 19.7 Å². The molecule has 1 aliphatic heterocycles. The van der Waals surface area contributed by atoms with Gasteiger partial charge in [-0.15, -0.1) is 0 Å². The molecule has 116 valence electrons. The summed E-state index contributed by atoms with van der Waals surface area (Å²) in [6.45, 7) is 1.36. The molecule has 2 aromatic rings. The fourth-order valence-corrected chi connectivity index (χ4v) is 2.95. The summed E-state index contributed by atoms with van der Waals surface area (Å²) >= 11 is 0. The van der Waals surface area contributed by atoms with Gasteiger partial charge in [0.25, 0.3) is 0 Å². The van der Waals surface area contributed by atoms with Gasteiger partial charge in [-0.1, -0.05) is 30.3 Å². The molecule has 1 saturated heterocycles. The number of carbonyl (C=O) groups excluding carboxylic acids is 1. The van der Waals surface area contributed by atoms with Crippen molar-refractivity contribution in [2.24, 2.45) is 0 Å². The Morgan fingerprint density at radius 1 is 1.32 bits per heavy atom. The first-order valence-electron chi connectivity index (χ1n) is 7.56. The van der Waals surface area contributed by atoms with Gasteiger partial charge in [0, 0.05) is 6.54 Å². The molecular weight excluding hydrogens is 280 g/mol. The highest BCUT2D eigenvalue weighted by Crippen LogP contribution is 2.30. The van der Waals surface area contributed by atoms with Crippen molar-refractivity contribution < 1.29 is 9.53 Å². The molecule has 1 aromatic carbocycles. The number of nitrogens with zero attached hydrogens (tertiary/aromatic N) is 4. The number of benzene rings is 1. The Kier molecular flexibility index (Phi) is 4.37. The van der Waals surface area contributed by atoms with E-state index in [1.165, 1.54) is 7.11 Å². The van der Waals surface area contributed by atoms with Crippen LogP contribution in [0.4, 0.5) is 4.79 Å².